The Morgan fingerprint density at radius 1 is 1.29 bits per heavy atom. The summed E-state index contributed by atoms with van der Waals surface area (Å²) in [5, 5.41) is 6.18. The first-order valence-electron chi connectivity index (χ1n) is 7.46. The minimum absolute atomic E-state index is 0.377. The lowest BCUT2D eigenvalue weighted by Gasteiger charge is -2.31. The van der Waals surface area contributed by atoms with E-state index in [-0.39, 0.29) is 6.09 Å². The van der Waals surface area contributed by atoms with E-state index < -0.39 is 5.60 Å². The first-order chi connectivity index (χ1) is 9.96. The zero-order chi connectivity index (χ0) is 15.3. The van der Waals surface area contributed by atoms with Crippen molar-refractivity contribution in [2.24, 2.45) is 0 Å². The van der Waals surface area contributed by atoms with Gasteiger partial charge in [0.2, 0.25) is 0 Å². The fraction of sp³-hybridized carbons (Fsp3) is 0.562. The molecule has 1 aliphatic heterocycles. The minimum atomic E-state index is -0.470. The monoisotopic (exact) mass is 291 g/mol. The highest BCUT2D eigenvalue weighted by Gasteiger charge is 2.17. The van der Waals surface area contributed by atoms with Gasteiger partial charge in [-0.05, 0) is 32.4 Å². The fourth-order valence-electron chi connectivity index (χ4n) is 2.36. The molecule has 0 radical (unpaired) electrons. The van der Waals surface area contributed by atoms with Gasteiger partial charge in [-0.25, -0.2) is 4.79 Å². The van der Waals surface area contributed by atoms with Gasteiger partial charge in [0.15, 0.2) is 0 Å². The molecule has 5 heteroatoms. The van der Waals surface area contributed by atoms with E-state index in [0.29, 0.717) is 6.54 Å². The molecule has 1 aromatic carbocycles. The predicted octanol–water partition coefficient (Wildman–Crippen LogP) is 2.12. The highest BCUT2D eigenvalue weighted by molar-refractivity contribution is 5.68. The maximum Gasteiger partial charge on any atom is 0.407 e. The molecule has 0 saturated carbocycles. The highest BCUT2D eigenvalue weighted by atomic mass is 16.6. The molecule has 0 spiro atoms. The zero-order valence-electron chi connectivity index (χ0n) is 13.1. The van der Waals surface area contributed by atoms with E-state index in [2.05, 4.69) is 27.7 Å². The number of benzene rings is 1. The summed E-state index contributed by atoms with van der Waals surface area (Å²) in [6.45, 7) is 10.0. The molecule has 1 heterocycles. The number of piperazine rings is 1. The van der Waals surface area contributed by atoms with Crippen LogP contribution < -0.4 is 15.5 Å². The molecule has 1 amide bonds. The van der Waals surface area contributed by atoms with Crippen molar-refractivity contribution >= 4 is 11.8 Å². The fourth-order valence-corrected chi connectivity index (χ4v) is 2.36. The molecule has 116 valence electrons. The smallest absolute Gasteiger partial charge is 0.407 e. The van der Waals surface area contributed by atoms with Crippen LogP contribution in [0.25, 0.3) is 0 Å². The maximum atomic E-state index is 11.8. The SMILES string of the molecule is CC(C)(C)OC(=O)NCc1ccccc1N1CCNCC1. The number of hydrogen-bond donors (Lipinski definition) is 2. The molecule has 0 atom stereocenters. The van der Waals surface area contributed by atoms with Gasteiger partial charge in [-0.15, -0.1) is 0 Å². The molecule has 0 aliphatic carbocycles. The number of carbonyl (C=O) groups excluding carboxylic acids is 1. The van der Waals surface area contributed by atoms with Gasteiger partial charge in [0.05, 0.1) is 0 Å². The summed E-state index contributed by atoms with van der Waals surface area (Å²) in [5.74, 6) is 0. The van der Waals surface area contributed by atoms with Crippen molar-refractivity contribution in [3.63, 3.8) is 0 Å². The number of para-hydroxylation sites is 1. The van der Waals surface area contributed by atoms with Gasteiger partial charge in [0.1, 0.15) is 5.60 Å². The third-order valence-corrected chi connectivity index (χ3v) is 3.27. The molecule has 0 aromatic heterocycles. The lowest BCUT2D eigenvalue weighted by atomic mass is 10.1. The van der Waals surface area contributed by atoms with Gasteiger partial charge in [0.25, 0.3) is 0 Å². The summed E-state index contributed by atoms with van der Waals surface area (Å²) < 4.78 is 5.27. The van der Waals surface area contributed by atoms with Crippen LogP contribution in [0.4, 0.5) is 10.5 Å². The Kier molecular flexibility index (Phi) is 5.07. The van der Waals surface area contributed by atoms with Crippen LogP contribution in [0.5, 0.6) is 0 Å². The van der Waals surface area contributed by atoms with E-state index >= 15 is 0 Å². The Labute approximate surface area is 126 Å². The Balaban J connectivity index is 1.98. The summed E-state index contributed by atoms with van der Waals surface area (Å²) in [4.78, 5) is 14.1. The molecule has 1 saturated heterocycles. The van der Waals surface area contributed by atoms with Gasteiger partial charge in [-0.3, -0.25) is 0 Å². The average molecular weight is 291 g/mol. The lowest BCUT2D eigenvalue weighted by molar-refractivity contribution is 0.0523. The third kappa shape index (κ3) is 4.93. The van der Waals surface area contributed by atoms with Crippen molar-refractivity contribution in [2.45, 2.75) is 32.9 Å². The standard InChI is InChI=1S/C16H25N3O2/c1-16(2,3)21-15(20)18-12-13-6-4-5-7-14(13)19-10-8-17-9-11-19/h4-7,17H,8-12H2,1-3H3,(H,18,20). The summed E-state index contributed by atoms with van der Waals surface area (Å²) in [6.07, 6.45) is -0.377. The van der Waals surface area contributed by atoms with Crippen LogP contribution in [0.2, 0.25) is 0 Å². The average Bonchev–Trinajstić information content (AvgIpc) is 2.45. The van der Waals surface area contributed by atoms with Gasteiger partial charge >= 0.3 is 6.09 Å². The van der Waals surface area contributed by atoms with Crippen molar-refractivity contribution < 1.29 is 9.53 Å². The van der Waals surface area contributed by atoms with E-state index in [0.717, 1.165) is 31.7 Å². The number of ether oxygens (including phenoxy) is 1. The van der Waals surface area contributed by atoms with E-state index in [1.807, 2.05) is 32.9 Å². The number of nitrogens with zero attached hydrogens (tertiary/aromatic N) is 1. The second-order valence-corrected chi connectivity index (χ2v) is 6.22. The summed E-state index contributed by atoms with van der Waals surface area (Å²) in [7, 11) is 0. The minimum Gasteiger partial charge on any atom is -0.444 e. The van der Waals surface area contributed by atoms with Gasteiger partial charge in [0, 0.05) is 38.4 Å². The van der Waals surface area contributed by atoms with E-state index in [4.69, 9.17) is 4.74 Å². The molecule has 0 bridgehead atoms. The summed E-state index contributed by atoms with van der Waals surface area (Å²) in [5.41, 5.74) is 1.84. The number of amides is 1. The second-order valence-electron chi connectivity index (χ2n) is 6.22. The number of alkyl carbamates (subject to hydrolysis) is 1. The van der Waals surface area contributed by atoms with Gasteiger partial charge in [-0.1, -0.05) is 18.2 Å². The zero-order valence-corrected chi connectivity index (χ0v) is 13.1. The Morgan fingerprint density at radius 3 is 2.62 bits per heavy atom. The van der Waals surface area contributed by atoms with Crippen molar-refractivity contribution in [1.29, 1.82) is 0 Å². The molecule has 1 fully saturated rings. The molecule has 1 aromatic rings. The van der Waals surface area contributed by atoms with Crippen LogP contribution in [0.15, 0.2) is 24.3 Å². The number of carbonyl (C=O) groups is 1. The quantitative estimate of drug-likeness (QED) is 0.895. The third-order valence-electron chi connectivity index (χ3n) is 3.27. The second kappa shape index (κ2) is 6.80. The Morgan fingerprint density at radius 2 is 1.95 bits per heavy atom. The molecule has 21 heavy (non-hydrogen) atoms. The van der Waals surface area contributed by atoms with Crippen LogP contribution in [0.1, 0.15) is 26.3 Å². The van der Waals surface area contributed by atoms with Crippen LogP contribution in [0.3, 0.4) is 0 Å². The van der Waals surface area contributed by atoms with Gasteiger partial charge in [-0.2, -0.15) is 0 Å². The molecular weight excluding hydrogens is 266 g/mol. The van der Waals surface area contributed by atoms with Crippen molar-refractivity contribution in [2.75, 3.05) is 31.1 Å². The first kappa shape index (κ1) is 15.6. The molecule has 2 N–H and O–H groups in total. The molecular formula is C16H25N3O2. The Hall–Kier alpha value is -1.75. The highest BCUT2D eigenvalue weighted by Crippen LogP contribution is 2.20. The van der Waals surface area contributed by atoms with Crippen LogP contribution in [-0.2, 0) is 11.3 Å². The van der Waals surface area contributed by atoms with Crippen molar-refractivity contribution in [3.8, 4) is 0 Å². The number of anilines is 1. The normalized spacial score (nSPS) is 15.7. The van der Waals surface area contributed by atoms with Crippen LogP contribution in [-0.4, -0.2) is 37.9 Å². The number of hydrogen-bond acceptors (Lipinski definition) is 4. The molecule has 5 nitrogen and oxygen atoms in total. The summed E-state index contributed by atoms with van der Waals surface area (Å²) >= 11 is 0. The van der Waals surface area contributed by atoms with Gasteiger partial charge < -0.3 is 20.3 Å². The maximum absolute atomic E-state index is 11.8. The molecule has 2 rings (SSSR count). The largest absolute Gasteiger partial charge is 0.444 e. The van der Waals surface area contributed by atoms with Crippen molar-refractivity contribution in [1.82, 2.24) is 10.6 Å². The predicted molar refractivity (Wildman–Crippen MR) is 84.6 cm³/mol. The van der Waals surface area contributed by atoms with E-state index in [1.54, 1.807) is 0 Å². The number of rotatable bonds is 3. The van der Waals surface area contributed by atoms with E-state index in [1.165, 1.54) is 5.69 Å². The number of nitrogens with one attached hydrogen (secondary N) is 2. The van der Waals surface area contributed by atoms with Crippen LogP contribution in [0, 0.1) is 0 Å². The van der Waals surface area contributed by atoms with Crippen LogP contribution >= 0.6 is 0 Å². The first-order valence-corrected chi connectivity index (χ1v) is 7.46. The Bertz CT molecular complexity index is 477. The lowest BCUT2D eigenvalue weighted by Crippen LogP contribution is -2.44. The van der Waals surface area contributed by atoms with Crippen molar-refractivity contribution in [3.05, 3.63) is 29.8 Å². The molecule has 0 unspecified atom stereocenters. The topological polar surface area (TPSA) is 53.6 Å². The molecule has 1 aliphatic rings. The summed E-state index contributed by atoms with van der Waals surface area (Å²) in [6, 6.07) is 8.19. The van der Waals surface area contributed by atoms with E-state index in [9.17, 15) is 4.79 Å².